The smallest absolute Gasteiger partial charge is 0.255 e. The number of ether oxygens (including phenoxy) is 2. The van der Waals surface area contributed by atoms with Crippen LogP contribution in [-0.4, -0.2) is 39.3 Å². The molecule has 1 heterocycles. The molecule has 5 nitrogen and oxygen atoms in total. The number of rotatable bonds is 5. The number of hydrogen-bond acceptors (Lipinski definition) is 4. The first kappa shape index (κ1) is 17.7. The SMILES string of the molecule is COc1cccc(C(=O)NC2CC23CCN(c2ccccc2)CC3)c1OC. The van der Waals surface area contributed by atoms with Gasteiger partial charge in [0.05, 0.1) is 19.8 Å². The second-order valence-corrected chi connectivity index (χ2v) is 7.46. The summed E-state index contributed by atoms with van der Waals surface area (Å²) in [6, 6.07) is 16.2. The standard InChI is InChI=1S/C22H26N2O3/c1-26-18-10-6-9-17(20(18)27-2)21(25)23-19-15-22(19)11-13-24(14-12-22)16-7-4-3-5-8-16/h3-10,19H,11-15H2,1-2H3,(H,23,25). The van der Waals surface area contributed by atoms with Gasteiger partial charge in [-0.15, -0.1) is 0 Å². The molecule has 0 aromatic heterocycles. The van der Waals surface area contributed by atoms with Crippen molar-refractivity contribution in [1.29, 1.82) is 0 Å². The van der Waals surface area contributed by atoms with Crippen LogP contribution in [0.5, 0.6) is 11.5 Å². The summed E-state index contributed by atoms with van der Waals surface area (Å²) in [5, 5.41) is 3.22. The maximum absolute atomic E-state index is 12.8. The summed E-state index contributed by atoms with van der Waals surface area (Å²) in [6.07, 6.45) is 3.29. The molecule has 1 saturated carbocycles. The van der Waals surface area contributed by atoms with E-state index in [4.69, 9.17) is 9.47 Å². The topological polar surface area (TPSA) is 50.8 Å². The van der Waals surface area contributed by atoms with Crippen LogP contribution in [-0.2, 0) is 0 Å². The van der Waals surface area contributed by atoms with Crippen molar-refractivity contribution >= 4 is 11.6 Å². The van der Waals surface area contributed by atoms with E-state index in [0.29, 0.717) is 17.1 Å². The Bertz CT molecular complexity index is 814. The van der Waals surface area contributed by atoms with Gasteiger partial charge in [0.1, 0.15) is 0 Å². The molecule has 5 heteroatoms. The van der Waals surface area contributed by atoms with Crippen molar-refractivity contribution in [2.24, 2.45) is 5.41 Å². The molecule has 0 bridgehead atoms. The van der Waals surface area contributed by atoms with Gasteiger partial charge >= 0.3 is 0 Å². The first-order chi connectivity index (χ1) is 13.2. The molecule has 1 saturated heterocycles. The number of carbonyl (C=O) groups excluding carboxylic acids is 1. The van der Waals surface area contributed by atoms with Crippen LogP contribution in [0.3, 0.4) is 0 Å². The molecular weight excluding hydrogens is 340 g/mol. The molecule has 2 aromatic carbocycles. The van der Waals surface area contributed by atoms with Crippen LogP contribution < -0.4 is 19.7 Å². The molecule has 142 valence electrons. The summed E-state index contributed by atoms with van der Waals surface area (Å²) in [7, 11) is 3.14. The molecule has 4 rings (SSSR count). The lowest BCUT2D eigenvalue weighted by Crippen LogP contribution is -2.38. The van der Waals surface area contributed by atoms with E-state index in [9.17, 15) is 4.79 Å². The third-order valence-corrected chi connectivity index (χ3v) is 6.02. The average Bonchev–Trinajstić information content (AvgIpc) is 3.38. The van der Waals surface area contributed by atoms with Gasteiger partial charge in [-0.05, 0) is 48.9 Å². The lowest BCUT2D eigenvalue weighted by molar-refractivity contribution is 0.0939. The summed E-state index contributed by atoms with van der Waals surface area (Å²) >= 11 is 0. The minimum Gasteiger partial charge on any atom is -0.493 e. The van der Waals surface area contributed by atoms with E-state index in [1.165, 1.54) is 5.69 Å². The largest absolute Gasteiger partial charge is 0.493 e. The Hall–Kier alpha value is -2.69. The van der Waals surface area contributed by atoms with Crippen molar-refractivity contribution in [3.05, 3.63) is 54.1 Å². The van der Waals surface area contributed by atoms with Crippen LogP contribution in [0.1, 0.15) is 29.6 Å². The van der Waals surface area contributed by atoms with Gasteiger partial charge in [-0.25, -0.2) is 0 Å². The second kappa shape index (κ2) is 7.14. The summed E-state index contributed by atoms with van der Waals surface area (Å²) in [6.45, 7) is 2.08. The summed E-state index contributed by atoms with van der Waals surface area (Å²) in [4.78, 5) is 15.2. The number of methoxy groups -OCH3 is 2. The van der Waals surface area contributed by atoms with Crippen molar-refractivity contribution in [2.45, 2.75) is 25.3 Å². The van der Waals surface area contributed by atoms with E-state index in [-0.39, 0.29) is 17.4 Å². The molecular formula is C22H26N2O3. The van der Waals surface area contributed by atoms with Gasteiger partial charge in [-0.3, -0.25) is 4.79 Å². The molecule has 1 amide bonds. The maximum Gasteiger partial charge on any atom is 0.255 e. The lowest BCUT2D eigenvalue weighted by Gasteiger charge is -2.34. The van der Waals surface area contributed by atoms with E-state index < -0.39 is 0 Å². The van der Waals surface area contributed by atoms with Crippen LogP contribution in [0.15, 0.2) is 48.5 Å². The maximum atomic E-state index is 12.8. The third kappa shape index (κ3) is 3.34. The Morgan fingerprint density at radius 3 is 2.44 bits per heavy atom. The van der Waals surface area contributed by atoms with Crippen LogP contribution in [0.25, 0.3) is 0 Å². The average molecular weight is 366 g/mol. The fourth-order valence-electron chi connectivity index (χ4n) is 4.26. The van der Waals surface area contributed by atoms with Gasteiger partial charge in [0.25, 0.3) is 5.91 Å². The van der Waals surface area contributed by atoms with Crippen LogP contribution >= 0.6 is 0 Å². The Morgan fingerprint density at radius 2 is 1.78 bits per heavy atom. The van der Waals surface area contributed by atoms with E-state index >= 15 is 0 Å². The fraction of sp³-hybridized carbons (Fsp3) is 0.409. The van der Waals surface area contributed by atoms with Crippen molar-refractivity contribution < 1.29 is 14.3 Å². The highest BCUT2D eigenvalue weighted by Crippen LogP contribution is 2.54. The number of nitrogens with one attached hydrogen (secondary N) is 1. The first-order valence-electron chi connectivity index (χ1n) is 9.49. The Morgan fingerprint density at radius 1 is 1.04 bits per heavy atom. The minimum atomic E-state index is -0.0851. The zero-order valence-electron chi connectivity index (χ0n) is 15.9. The predicted octanol–water partition coefficient (Wildman–Crippen LogP) is 3.49. The van der Waals surface area contributed by atoms with Crippen LogP contribution in [0.2, 0.25) is 0 Å². The van der Waals surface area contributed by atoms with Gasteiger partial charge in [0, 0.05) is 24.8 Å². The number of nitrogens with zero attached hydrogens (tertiary/aromatic N) is 1. The zero-order valence-corrected chi connectivity index (χ0v) is 15.9. The molecule has 1 unspecified atom stereocenters. The van der Waals surface area contributed by atoms with Crippen LogP contribution in [0, 0.1) is 5.41 Å². The number of para-hydroxylation sites is 2. The summed E-state index contributed by atoms with van der Waals surface area (Å²) < 4.78 is 10.7. The Balaban J connectivity index is 1.38. The van der Waals surface area contributed by atoms with Gasteiger partial charge in [0.15, 0.2) is 11.5 Å². The number of anilines is 1. The van der Waals surface area contributed by atoms with E-state index in [1.54, 1.807) is 26.4 Å². The molecule has 1 N–H and O–H groups in total. The van der Waals surface area contributed by atoms with Crippen molar-refractivity contribution in [2.75, 3.05) is 32.2 Å². The van der Waals surface area contributed by atoms with Gasteiger partial charge in [-0.2, -0.15) is 0 Å². The zero-order chi connectivity index (χ0) is 18.9. The molecule has 27 heavy (non-hydrogen) atoms. The Kier molecular flexibility index (Phi) is 4.68. The lowest BCUT2D eigenvalue weighted by atomic mass is 9.92. The third-order valence-electron chi connectivity index (χ3n) is 6.02. The molecule has 1 spiro atoms. The number of hydrogen-bond donors (Lipinski definition) is 1. The first-order valence-corrected chi connectivity index (χ1v) is 9.49. The van der Waals surface area contributed by atoms with Gasteiger partial charge in [0.2, 0.25) is 0 Å². The Labute approximate surface area is 160 Å². The second-order valence-electron chi connectivity index (χ2n) is 7.46. The molecule has 1 aliphatic carbocycles. The van der Waals surface area contributed by atoms with Crippen LogP contribution in [0.4, 0.5) is 5.69 Å². The van der Waals surface area contributed by atoms with Crippen molar-refractivity contribution in [3.63, 3.8) is 0 Å². The highest BCUT2D eigenvalue weighted by atomic mass is 16.5. The van der Waals surface area contributed by atoms with Gasteiger partial charge < -0.3 is 19.7 Å². The van der Waals surface area contributed by atoms with E-state index in [2.05, 4.69) is 34.5 Å². The molecule has 0 radical (unpaired) electrons. The molecule has 2 aliphatic rings. The monoisotopic (exact) mass is 366 g/mol. The normalized spacial score (nSPS) is 20.2. The summed E-state index contributed by atoms with van der Waals surface area (Å²) in [5.74, 6) is 0.982. The summed E-state index contributed by atoms with van der Waals surface area (Å²) in [5.41, 5.74) is 2.07. The number of carbonyl (C=O) groups is 1. The number of amides is 1. The van der Waals surface area contributed by atoms with E-state index in [0.717, 1.165) is 32.4 Å². The highest BCUT2D eigenvalue weighted by Gasteiger charge is 2.55. The van der Waals surface area contributed by atoms with Crippen molar-refractivity contribution in [3.8, 4) is 11.5 Å². The predicted molar refractivity (Wildman–Crippen MR) is 106 cm³/mol. The van der Waals surface area contributed by atoms with E-state index in [1.807, 2.05) is 12.1 Å². The molecule has 1 atom stereocenters. The number of piperidine rings is 1. The van der Waals surface area contributed by atoms with Gasteiger partial charge in [-0.1, -0.05) is 24.3 Å². The molecule has 2 aromatic rings. The highest BCUT2D eigenvalue weighted by molar-refractivity contribution is 5.98. The minimum absolute atomic E-state index is 0.0851. The fourth-order valence-corrected chi connectivity index (χ4v) is 4.26. The quantitative estimate of drug-likeness (QED) is 0.880. The molecule has 1 aliphatic heterocycles. The molecule has 2 fully saturated rings. The van der Waals surface area contributed by atoms with Crippen molar-refractivity contribution in [1.82, 2.24) is 5.32 Å². The number of benzene rings is 2.